The fourth-order valence-electron chi connectivity index (χ4n) is 2.30. The zero-order chi connectivity index (χ0) is 12.5. The van der Waals surface area contributed by atoms with E-state index >= 15 is 0 Å². The van der Waals surface area contributed by atoms with Crippen LogP contribution < -0.4 is 5.32 Å². The van der Waals surface area contributed by atoms with Crippen molar-refractivity contribution in [1.29, 1.82) is 0 Å². The molecule has 0 saturated carbocycles. The van der Waals surface area contributed by atoms with Crippen molar-refractivity contribution in [3.63, 3.8) is 0 Å². The Morgan fingerprint density at radius 3 is 3.00 bits per heavy atom. The van der Waals surface area contributed by atoms with Crippen LogP contribution in [0.5, 0.6) is 0 Å². The van der Waals surface area contributed by atoms with Crippen molar-refractivity contribution < 1.29 is 9.53 Å². The van der Waals surface area contributed by atoms with Crippen LogP contribution in [-0.2, 0) is 9.53 Å². The highest BCUT2D eigenvalue weighted by atomic mass is 16.5. The number of ether oxygens (including phenoxy) is 1. The van der Waals surface area contributed by atoms with Crippen LogP contribution in [-0.4, -0.2) is 49.7 Å². The van der Waals surface area contributed by atoms with Crippen LogP contribution in [0.3, 0.4) is 0 Å². The summed E-state index contributed by atoms with van der Waals surface area (Å²) in [4.78, 5) is 13.6. The first kappa shape index (κ1) is 14.5. The van der Waals surface area contributed by atoms with Gasteiger partial charge >= 0.3 is 5.97 Å². The van der Waals surface area contributed by atoms with Crippen LogP contribution in [0.2, 0.25) is 0 Å². The Labute approximate surface area is 105 Å². The lowest BCUT2D eigenvalue weighted by Crippen LogP contribution is -2.39. The Morgan fingerprint density at radius 1 is 1.47 bits per heavy atom. The van der Waals surface area contributed by atoms with E-state index in [2.05, 4.69) is 17.1 Å². The van der Waals surface area contributed by atoms with Gasteiger partial charge in [0.25, 0.3) is 0 Å². The first-order valence-corrected chi connectivity index (χ1v) is 6.84. The molecule has 1 rings (SSSR count). The molecule has 0 amide bonds. The van der Waals surface area contributed by atoms with Crippen molar-refractivity contribution >= 4 is 5.97 Å². The molecule has 1 fully saturated rings. The van der Waals surface area contributed by atoms with Crippen LogP contribution in [0.1, 0.15) is 39.5 Å². The zero-order valence-electron chi connectivity index (χ0n) is 11.2. The topological polar surface area (TPSA) is 41.6 Å². The molecule has 0 aromatic rings. The molecule has 4 nitrogen and oxygen atoms in total. The van der Waals surface area contributed by atoms with Gasteiger partial charge in [0.05, 0.1) is 13.2 Å². The van der Waals surface area contributed by atoms with Crippen molar-refractivity contribution in [3.8, 4) is 0 Å². The van der Waals surface area contributed by atoms with Gasteiger partial charge in [0, 0.05) is 6.04 Å². The number of hydrogen-bond donors (Lipinski definition) is 1. The molecule has 0 radical (unpaired) electrons. The van der Waals surface area contributed by atoms with E-state index in [0.717, 1.165) is 25.6 Å². The fourth-order valence-corrected chi connectivity index (χ4v) is 2.30. The van der Waals surface area contributed by atoms with Crippen molar-refractivity contribution in [3.05, 3.63) is 0 Å². The maximum absolute atomic E-state index is 11.1. The number of nitrogens with zero attached hydrogens (tertiary/aromatic N) is 1. The molecular weight excluding hydrogens is 216 g/mol. The third-order valence-electron chi connectivity index (χ3n) is 3.31. The number of hydrogen-bond acceptors (Lipinski definition) is 4. The quantitative estimate of drug-likeness (QED) is 0.541. The molecular formula is C13H26N2O2. The summed E-state index contributed by atoms with van der Waals surface area (Å²) >= 11 is 0. The van der Waals surface area contributed by atoms with E-state index in [1.165, 1.54) is 25.8 Å². The van der Waals surface area contributed by atoms with Crippen molar-refractivity contribution in [2.75, 3.05) is 32.8 Å². The number of likely N-dealkylation sites (tertiary alicyclic amines) is 1. The molecule has 100 valence electrons. The first-order valence-electron chi connectivity index (χ1n) is 6.84. The number of carbonyl (C=O) groups excluding carboxylic acids is 1. The van der Waals surface area contributed by atoms with E-state index in [1.807, 2.05) is 6.92 Å². The van der Waals surface area contributed by atoms with Gasteiger partial charge in [-0.1, -0.05) is 6.42 Å². The van der Waals surface area contributed by atoms with Crippen LogP contribution >= 0.6 is 0 Å². The van der Waals surface area contributed by atoms with Gasteiger partial charge in [0.2, 0.25) is 0 Å². The van der Waals surface area contributed by atoms with E-state index < -0.39 is 0 Å². The Balaban J connectivity index is 1.98. The highest BCUT2D eigenvalue weighted by Crippen LogP contribution is 2.15. The molecule has 0 aromatic heterocycles. The molecule has 0 aliphatic carbocycles. The second-order valence-electron chi connectivity index (χ2n) is 4.72. The second kappa shape index (κ2) is 8.48. The Bertz CT molecular complexity index is 221. The molecule has 0 aromatic carbocycles. The third-order valence-corrected chi connectivity index (χ3v) is 3.31. The molecule has 17 heavy (non-hydrogen) atoms. The van der Waals surface area contributed by atoms with Crippen LogP contribution in [0, 0.1) is 0 Å². The molecule has 1 atom stereocenters. The molecule has 1 unspecified atom stereocenters. The van der Waals surface area contributed by atoms with E-state index in [1.54, 1.807) is 0 Å². The van der Waals surface area contributed by atoms with Crippen molar-refractivity contribution in [2.24, 2.45) is 0 Å². The Hall–Kier alpha value is -0.610. The van der Waals surface area contributed by atoms with Gasteiger partial charge in [-0.25, -0.2) is 0 Å². The molecule has 1 N–H and O–H groups in total. The molecule has 1 heterocycles. The van der Waals surface area contributed by atoms with E-state index in [-0.39, 0.29) is 5.97 Å². The fraction of sp³-hybridized carbons (Fsp3) is 0.923. The molecule has 0 spiro atoms. The summed E-state index contributed by atoms with van der Waals surface area (Å²) in [7, 11) is 0. The summed E-state index contributed by atoms with van der Waals surface area (Å²) in [6, 6.07) is 0.730. The minimum absolute atomic E-state index is 0.154. The van der Waals surface area contributed by atoms with Crippen LogP contribution in [0.25, 0.3) is 0 Å². The molecule has 0 bridgehead atoms. The van der Waals surface area contributed by atoms with Gasteiger partial charge in [-0.3, -0.25) is 4.79 Å². The number of nitrogens with one attached hydrogen (secondary N) is 1. The van der Waals surface area contributed by atoms with E-state index in [0.29, 0.717) is 13.2 Å². The summed E-state index contributed by atoms with van der Waals surface area (Å²) in [5.41, 5.74) is 0. The van der Waals surface area contributed by atoms with E-state index in [4.69, 9.17) is 4.74 Å². The highest BCUT2D eigenvalue weighted by molar-refractivity contribution is 5.71. The molecule has 1 saturated heterocycles. The van der Waals surface area contributed by atoms with Crippen LogP contribution in [0.15, 0.2) is 0 Å². The number of rotatable bonds is 7. The maximum Gasteiger partial charge on any atom is 0.319 e. The highest BCUT2D eigenvalue weighted by Gasteiger charge is 2.16. The van der Waals surface area contributed by atoms with Crippen LogP contribution in [0.4, 0.5) is 0 Å². The number of piperidine rings is 1. The molecule has 4 heteroatoms. The number of carbonyl (C=O) groups is 1. The van der Waals surface area contributed by atoms with Gasteiger partial charge in [-0.15, -0.1) is 0 Å². The summed E-state index contributed by atoms with van der Waals surface area (Å²) in [6.45, 7) is 8.20. The Morgan fingerprint density at radius 2 is 2.29 bits per heavy atom. The van der Waals surface area contributed by atoms with Gasteiger partial charge in [0.1, 0.15) is 0 Å². The normalized spacial score (nSPS) is 21.4. The SMILES string of the molecule is CCOC(=O)CNCCCN1CCCCC1C. The van der Waals surface area contributed by atoms with Crippen molar-refractivity contribution in [1.82, 2.24) is 10.2 Å². The first-order chi connectivity index (χ1) is 8.24. The summed E-state index contributed by atoms with van der Waals surface area (Å²) in [6.07, 6.45) is 5.14. The average Bonchev–Trinajstić information content (AvgIpc) is 2.31. The minimum Gasteiger partial charge on any atom is -0.465 e. The molecule has 1 aliphatic rings. The van der Waals surface area contributed by atoms with E-state index in [9.17, 15) is 4.79 Å². The lowest BCUT2D eigenvalue weighted by atomic mass is 10.0. The second-order valence-corrected chi connectivity index (χ2v) is 4.72. The van der Waals surface area contributed by atoms with Gasteiger partial charge in [0.15, 0.2) is 0 Å². The lowest BCUT2D eigenvalue weighted by molar-refractivity contribution is -0.141. The number of esters is 1. The van der Waals surface area contributed by atoms with Gasteiger partial charge in [-0.2, -0.15) is 0 Å². The third kappa shape index (κ3) is 6.03. The maximum atomic E-state index is 11.1. The summed E-state index contributed by atoms with van der Waals surface area (Å²) in [5, 5.41) is 3.12. The summed E-state index contributed by atoms with van der Waals surface area (Å²) in [5.74, 6) is -0.154. The minimum atomic E-state index is -0.154. The average molecular weight is 242 g/mol. The summed E-state index contributed by atoms with van der Waals surface area (Å²) < 4.78 is 4.84. The predicted molar refractivity (Wildman–Crippen MR) is 69.0 cm³/mol. The molecule has 1 aliphatic heterocycles. The van der Waals surface area contributed by atoms with Crippen molar-refractivity contribution in [2.45, 2.75) is 45.6 Å². The Kier molecular flexibility index (Phi) is 7.21. The van der Waals surface area contributed by atoms with Gasteiger partial charge in [-0.05, 0) is 52.7 Å². The zero-order valence-corrected chi connectivity index (χ0v) is 11.2. The monoisotopic (exact) mass is 242 g/mol. The lowest BCUT2D eigenvalue weighted by Gasteiger charge is -2.33. The van der Waals surface area contributed by atoms with Gasteiger partial charge < -0.3 is 15.0 Å². The largest absolute Gasteiger partial charge is 0.465 e. The standard InChI is InChI=1S/C13H26N2O2/c1-3-17-13(16)11-14-8-6-10-15-9-5-4-7-12(15)2/h12,14H,3-11H2,1-2H3. The predicted octanol–water partition coefficient (Wildman–Crippen LogP) is 1.40. The smallest absolute Gasteiger partial charge is 0.319 e.